The lowest BCUT2D eigenvalue weighted by Gasteiger charge is -2.27. The molecule has 10 heteroatoms. The molecule has 0 bridgehead atoms. The lowest BCUT2D eigenvalue weighted by Crippen LogP contribution is -2.47. The fraction of sp³-hybridized carbons (Fsp3) is 0.833. The number of nitrogens with one attached hydrogen (secondary N) is 1. The second-order valence-corrected chi connectivity index (χ2v) is 22.6. The molecule has 0 spiro atoms. The van der Waals surface area contributed by atoms with E-state index in [1.807, 2.05) is 33.3 Å². The maximum atomic E-state index is 13.5. The van der Waals surface area contributed by atoms with Crippen LogP contribution < -0.4 is 5.32 Å². The molecule has 0 aromatic heterocycles. The Labute approximate surface area is 433 Å². The van der Waals surface area contributed by atoms with Gasteiger partial charge in [0.15, 0.2) is 0 Å². The summed E-state index contributed by atoms with van der Waals surface area (Å²) < 4.78 is 30.6. The highest BCUT2D eigenvalue weighted by Crippen LogP contribution is 2.43. The molecule has 0 fully saturated rings. The van der Waals surface area contributed by atoms with Gasteiger partial charge in [0.25, 0.3) is 0 Å². The van der Waals surface area contributed by atoms with E-state index >= 15 is 0 Å². The Morgan fingerprint density at radius 3 is 1.37 bits per heavy atom. The largest absolute Gasteiger partial charge is 0.472 e. The SMILES string of the molecule is CCCC/C=C\CCCCCCCC(=O)OC(/C=C\CCCCCCCCCCCC)C(COP(=O)(O)OCC[N+](C)(C)C)NC(=O)CCCCCCCCCCCCC/C=C\C/C=C\CCCCC. The van der Waals surface area contributed by atoms with E-state index in [2.05, 4.69) is 62.5 Å². The highest BCUT2D eigenvalue weighted by molar-refractivity contribution is 7.47. The number of nitrogens with zero attached hydrogens (tertiary/aromatic N) is 1. The van der Waals surface area contributed by atoms with Gasteiger partial charge in [0.1, 0.15) is 19.3 Å². The fourth-order valence-corrected chi connectivity index (χ4v) is 9.10. The summed E-state index contributed by atoms with van der Waals surface area (Å²) in [6.07, 6.45) is 61.0. The maximum Gasteiger partial charge on any atom is 0.472 e. The van der Waals surface area contributed by atoms with Crippen molar-refractivity contribution in [2.45, 2.75) is 283 Å². The number of hydrogen-bond acceptors (Lipinski definition) is 6. The molecule has 0 aromatic carbocycles. The molecule has 3 unspecified atom stereocenters. The lowest BCUT2D eigenvalue weighted by molar-refractivity contribution is -0.870. The second-order valence-electron chi connectivity index (χ2n) is 21.2. The van der Waals surface area contributed by atoms with E-state index in [0.717, 1.165) is 89.9 Å². The van der Waals surface area contributed by atoms with Gasteiger partial charge in [-0.2, -0.15) is 0 Å². The molecule has 0 aliphatic heterocycles. The van der Waals surface area contributed by atoms with Gasteiger partial charge in [-0.25, -0.2) is 4.57 Å². The molecule has 1 amide bonds. The van der Waals surface area contributed by atoms with E-state index < -0.39 is 20.0 Å². The Hall–Kier alpha value is -2.03. The van der Waals surface area contributed by atoms with E-state index in [9.17, 15) is 19.0 Å². The van der Waals surface area contributed by atoms with Crippen LogP contribution in [0.4, 0.5) is 0 Å². The topological polar surface area (TPSA) is 111 Å². The number of carbonyl (C=O) groups is 2. The molecule has 0 radical (unpaired) electrons. The first kappa shape index (κ1) is 68.0. The summed E-state index contributed by atoms with van der Waals surface area (Å²) in [7, 11) is 1.49. The zero-order chi connectivity index (χ0) is 51.5. The fourth-order valence-electron chi connectivity index (χ4n) is 8.36. The minimum absolute atomic E-state index is 0.0388. The Bertz CT molecular complexity index is 1340. The van der Waals surface area contributed by atoms with Crippen LogP contribution in [0.15, 0.2) is 48.6 Å². The van der Waals surface area contributed by atoms with Crippen LogP contribution in [0.2, 0.25) is 0 Å². The summed E-state index contributed by atoms with van der Waals surface area (Å²) in [6.45, 7) is 6.95. The van der Waals surface area contributed by atoms with Crippen LogP contribution in [-0.4, -0.2) is 74.3 Å². The minimum atomic E-state index is -4.44. The minimum Gasteiger partial charge on any atom is -0.456 e. The number of carbonyl (C=O) groups excluding carboxylic acids is 2. The van der Waals surface area contributed by atoms with E-state index in [1.54, 1.807) is 0 Å². The number of allylic oxidation sites excluding steroid dienone is 7. The Balaban J connectivity index is 5.21. The summed E-state index contributed by atoms with van der Waals surface area (Å²) in [6, 6.07) is -0.850. The first-order chi connectivity index (χ1) is 33.9. The van der Waals surface area contributed by atoms with Crippen LogP contribution in [0.5, 0.6) is 0 Å². The predicted molar refractivity (Wildman–Crippen MR) is 300 cm³/mol. The van der Waals surface area contributed by atoms with Crippen molar-refractivity contribution in [1.29, 1.82) is 0 Å². The molecule has 2 N–H and O–H groups in total. The van der Waals surface area contributed by atoms with Crippen molar-refractivity contribution in [2.24, 2.45) is 0 Å². The highest BCUT2D eigenvalue weighted by Gasteiger charge is 2.30. The van der Waals surface area contributed by atoms with E-state index in [1.165, 1.54) is 148 Å². The molecule has 0 aliphatic carbocycles. The van der Waals surface area contributed by atoms with E-state index in [-0.39, 0.29) is 31.5 Å². The molecule has 0 aliphatic rings. The molecule has 9 nitrogen and oxygen atoms in total. The summed E-state index contributed by atoms with van der Waals surface area (Å²) >= 11 is 0. The summed E-state index contributed by atoms with van der Waals surface area (Å²) in [5, 5.41) is 3.05. The number of ether oxygens (including phenoxy) is 1. The monoisotopic (exact) mass is 1010 g/mol. The van der Waals surface area contributed by atoms with E-state index in [0.29, 0.717) is 17.4 Å². The molecule has 0 heterocycles. The van der Waals surface area contributed by atoms with Crippen molar-refractivity contribution in [3.63, 3.8) is 0 Å². The van der Waals surface area contributed by atoms with Crippen LogP contribution >= 0.6 is 7.82 Å². The van der Waals surface area contributed by atoms with Gasteiger partial charge in [-0.1, -0.05) is 224 Å². The number of phosphoric acid groups is 1. The van der Waals surface area contributed by atoms with Gasteiger partial charge in [0, 0.05) is 12.8 Å². The number of amides is 1. The number of unbranched alkanes of at least 4 members (excludes halogenated alkanes) is 31. The zero-order valence-electron chi connectivity index (χ0n) is 46.8. The molecule has 410 valence electrons. The van der Waals surface area contributed by atoms with Gasteiger partial charge in [-0.3, -0.25) is 18.6 Å². The van der Waals surface area contributed by atoms with Gasteiger partial charge < -0.3 is 19.4 Å². The molecule has 3 atom stereocenters. The first-order valence-electron chi connectivity index (χ1n) is 29.5. The number of esters is 1. The summed E-state index contributed by atoms with van der Waals surface area (Å²) in [5.74, 6) is -0.514. The quantitative estimate of drug-likeness (QED) is 0.0205. The smallest absolute Gasteiger partial charge is 0.456 e. The Kier molecular flexibility index (Phi) is 49.0. The van der Waals surface area contributed by atoms with Gasteiger partial charge in [0.2, 0.25) is 5.91 Å². The van der Waals surface area contributed by atoms with Crippen molar-refractivity contribution in [1.82, 2.24) is 5.32 Å². The van der Waals surface area contributed by atoms with Crippen molar-refractivity contribution in [2.75, 3.05) is 40.9 Å². The summed E-state index contributed by atoms with van der Waals surface area (Å²) in [5.41, 5.74) is 0. The Morgan fingerprint density at radius 2 is 0.886 bits per heavy atom. The van der Waals surface area contributed by atoms with E-state index in [4.69, 9.17) is 13.8 Å². The number of hydrogen-bond donors (Lipinski definition) is 2. The highest BCUT2D eigenvalue weighted by atomic mass is 31.2. The average Bonchev–Trinajstić information content (AvgIpc) is 3.32. The predicted octanol–water partition coefficient (Wildman–Crippen LogP) is 17.7. The number of likely N-dealkylation sites (N-methyl/N-ethyl adjacent to an activating group) is 1. The third-order valence-corrected chi connectivity index (χ3v) is 14.0. The van der Waals surface area contributed by atoms with Gasteiger partial charge in [-0.15, -0.1) is 0 Å². The van der Waals surface area contributed by atoms with Gasteiger partial charge in [-0.05, 0) is 83.1 Å². The van der Waals surface area contributed by atoms with Crippen molar-refractivity contribution in [3.05, 3.63) is 48.6 Å². The van der Waals surface area contributed by atoms with Gasteiger partial charge >= 0.3 is 13.8 Å². The van der Waals surface area contributed by atoms with Crippen LogP contribution in [0.1, 0.15) is 271 Å². The van der Waals surface area contributed by atoms with Crippen molar-refractivity contribution >= 4 is 19.7 Å². The molecule has 0 aromatic rings. The molecular weight excluding hydrogens is 892 g/mol. The lowest BCUT2D eigenvalue weighted by atomic mass is 10.0. The average molecular weight is 1010 g/mol. The van der Waals surface area contributed by atoms with Gasteiger partial charge in [0.05, 0.1) is 33.8 Å². The molecule has 0 saturated heterocycles. The molecule has 0 saturated carbocycles. The molecule has 70 heavy (non-hydrogen) atoms. The normalized spacial score (nSPS) is 14.1. The standard InChI is InChI=1S/C60H113N2O7P/c1-7-10-13-16-19-22-25-27-28-29-30-31-32-33-34-35-38-40-43-46-49-52-59(63)61-57(56-68-70(65,66)67-55-54-62(4,5)6)58(51-48-45-42-39-37-26-23-20-17-14-11-8-2)69-60(64)53-50-47-44-41-36-24-21-18-15-12-9-3/h18-19,21-22,27-28,48,51,57-58H,7-17,20,23-26,29-47,49-50,52-56H2,1-6H3,(H-,61,63,65,66)/p+1/b21-18-,22-19-,28-27-,51-48-. The zero-order valence-corrected chi connectivity index (χ0v) is 47.7. The number of quaternary nitrogens is 1. The molecule has 0 rings (SSSR count). The third-order valence-electron chi connectivity index (χ3n) is 13.0. The number of phosphoric ester groups is 1. The second kappa shape index (κ2) is 50.5. The van der Waals surface area contributed by atoms with Crippen LogP contribution in [0.3, 0.4) is 0 Å². The van der Waals surface area contributed by atoms with Crippen molar-refractivity contribution in [3.8, 4) is 0 Å². The van der Waals surface area contributed by atoms with Crippen molar-refractivity contribution < 1.29 is 37.3 Å². The van der Waals surface area contributed by atoms with Crippen LogP contribution in [-0.2, 0) is 27.9 Å². The first-order valence-corrected chi connectivity index (χ1v) is 31.0. The van der Waals surface area contributed by atoms with Crippen LogP contribution in [0, 0.1) is 0 Å². The van der Waals surface area contributed by atoms with Crippen LogP contribution in [0.25, 0.3) is 0 Å². The summed E-state index contributed by atoms with van der Waals surface area (Å²) in [4.78, 5) is 37.5. The third kappa shape index (κ3) is 50.9. The molecular formula is C60H114N2O7P+. The number of rotatable bonds is 53. The maximum absolute atomic E-state index is 13.5. The Morgan fingerprint density at radius 1 is 0.500 bits per heavy atom.